The quantitative estimate of drug-likeness (QED) is 0.440. The summed E-state index contributed by atoms with van der Waals surface area (Å²) >= 11 is 0. The van der Waals surface area contributed by atoms with E-state index in [1.54, 1.807) is 6.07 Å². The van der Waals surface area contributed by atoms with E-state index in [2.05, 4.69) is 10.4 Å². The molecule has 9 nitrogen and oxygen atoms in total. The zero-order valence-corrected chi connectivity index (χ0v) is 18.0. The molecule has 3 aromatic rings. The van der Waals surface area contributed by atoms with E-state index in [1.165, 1.54) is 19.2 Å². The van der Waals surface area contributed by atoms with Crippen LogP contribution in [0.4, 0.5) is 11.4 Å². The number of nitrogens with one attached hydrogen (secondary N) is 1. The lowest BCUT2D eigenvalue weighted by atomic mass is 10.2. The minimum absolute atomic E-state index is 0.0680. The number of aryl methyl sites for hydroxylation is 1. The number of ether oxygens (including phenoxy) is 1. The lowest BCUT2D eigenvalue weighted by Gasteiger charge is -2.17. The molecule has 1 amide bonds. The van der Waals surface area contributed by atoms with Crippen LogP contribution in [-0.2, 0) is 11.3 Å². The summed E-state index contributed by atoms with van der Waals surface area (Å²) in [5.41, 5.74) is 3.82. The molecular weight excluding hydrogens is 398 g/mol. The maximum Gasteiger partial charge on any atom is 0.296 e. The Morgan fingerprint density at radius 1 is 1.23 bits per heavy atom. The number of hydrogen-bond acceptors (Lipinski definition) is 6. The molecule has 0 fully saturated rings. The van der Waals surface area contributed by atoms with Gasteiger partial charge in [-0.3, -0.25) is 19.8 Å². The number of likely N-dealkylation sites (N-methyl/N-ethyl adjacent to an activating group) is 1. The highest BCUT2D eigenvalue weighted by molar-refractivity contribution is 5.94. The van der Waals surface area contributed by atoms with Crippen LogP contribution in [0.15, 0.2) is 48.5 Å². The van der Waals surface area contributed by atoms with Crippen LogP contribution in [0.3, 0.4) is 0 Å². The second-order valence-corrected chi connectivity index (χ2v) is 7.26. The van der Waals surface area contributed by atoms with Gasteiger partial charge in [-0.05, 0) is 45.2 Å². The second kappa shape index (κ2) is 9.40. The molecule has 1 heterocycles. The van der Waals surface area contributed by atoms with Gasteiger partial charge < -0.3 is 10.1 Å². The van der Waals surface area contributed by atoms with E-state index < -0.39 is 4.92 Å². The number of hydrogen-bond donors (Lipinski definition) is 1. The maximum atomic E-state index is 12.5. The zero-order chi connectivity index (χ0) is 22.5. The highest BCUT2D eigenvalue weighted by Crippen LogP contribution is 2.29. The number of aromatic nitrogens is 2. The van der Waals surface area contributed by atoms with E-state index in [4.69, 9.17) is 4.74 Å². The largest absolute Gasteiger partial charge is 0.496 e. The number of para-hydroxylation sites is 1. The molecule has 162 valence electrons. The van der Waals surface area contributed by atoms with Gasteiger partial charge in [0.1, 0.15) is 11.4 Å². The van der Waals surface area contributed by atoms with Crippen molar-refractivity contribution in [2.75, 3.05) is 26.0 Å². The lowest BCUT2D eigenvalue weighted by Crippen LogP contribution is -2.30. The van der Waals surface area contributed by atoms with Crippen LogP contribution in [0.25, 0.3) is 5.69 Å². The van der Waals surface area contributed by atoms with Crippen molar-refractivity contribution in [2.24, 2.45) is 0 Å². The molecule has 0 saturated carbocycles. The van der Waals surface area contributed by atoms with E-state index in [1.807, 2.05) is 60.8 Å². The standard InChI is InChI=1S/C22H25N5O4/c1-15-19(16(2)26(24-15)17-8-6-5-7-9-17)13-25(3)14-22(28)23-20-11-10-18(31-4)12-21(20)27(29)30/h5-12H,13-14H2,1-4H3,(H,23,28). The predicted molar refractivity (Wildman–Crippen MR) is 118 cm³/mol. The number of carbonyl (C=O) groups excluding carboxylic acids is 1. The molecule has 0 aliphatic carbocycles. The van der Waals surface area contributed by atoms with E-state index >= 15 is 0 Å². The molecule has 2 aromatic carbocycles. The van der Waals surface area contributed by atoms with Crippen molar-refractivity contribution >= 4 is 17.3 Å². The molecule has 0 aliphatic heterocycles. The average Bonchev–Trinajstić information content (AvgIpc) is 3.02. The van der Waals surface area contributed by atoms with Crippen LogP contribution in [0, 0.1) is 24.0 Å². The molecular formula is C22H25N5O4. The van der Waals surface area contributed by atoms with Crippen molar-refractivity contribution in [3.05, 3.63) is 75.6 Å². The molecule has 1 aromatic heterocycles. The van der Waals surface area contributed by atoms with Crippen molar-refractivity contribution in [1.82, 2.24) is 14.7 Å². The Morgan fingerprint density at radius 2 is 1.94 bits per heavy atom. The van der Waals surface area contributed by atoms with Crippen molar-refractivity contribution < 1.29 is 14.5 Å². The van der Waals surface area contributed by atoms with Gasteiger partial charge in [-0.25, -0.2) is 4.68 Å². The normalized spacial score (nSPS) is 10.9. The van der Waals surface area contributed by atoms with E-state index in [0.29, 0.717) is 12.3 Å². The first-order valence-electron chi connectivity index (χ1n) is 9.71. The van der Waals surface area contributed by atoms with Crippen molar-refractivity contribution in [3.8, 4) is 11.4 Å². The first-order chi connectivity index (χ1) is 14.8. The molecule has 0 radical (unpaired) electrons. The zero-order valence-electron chi connectivity index (χ0n) is 18.0. The van der Waals surface area contributed by atoms with E-state index in [9.17, 15) is 14.9 Å². The molecule has 0 aliphatic rings. The number of anilines is 1. The lowest BCUT2D eigenvalue weighted by molar-refractivity contribution is -0.384. The summed E-state index contributed by atoms with van der Waals surface area (Å²) in [6.07, 6.45) is 0. The second-order valence-electron chi connectivity index (χ2n) is 7.26. The fraction of sp³-hybridized carbons (Fsp3) is 0.273. The summed E-state index contributed by atoms with van der Waals surface area (Å²) in [4.78, 5) is 25.1. The Hall–Kier alpha value is -3.72. The average molecular weight is 423 g/mol. The topological polar surface area (TPSA) is 103 Å². The van der Waals surface area contributed by atoms with Crippen molar-refractivity contribution in [3.63, 3.8) is 0 Å². The third kappa shape index (κ3) is 5.07. The van der Waals surface area contributed by atoms with Crippen LogP contribution in [0.5, 0.6) is 5.75 Å². The Labute approximate surface area is 180 Å². The minimum atomic E-state index is -0.549. The molecule has 0 saturated heterocycles. The fourth-order valence-corrected chi connectivity index (χ4v) is 3.38. The van der Waals surface area contributed by atoms with Gasteiger partial charge >= 0.3 is 0 Å². The minimum Gasteiger partial charge on any atom is -0.496 e. The summed E-state index contributed by atoms with van der Waals surface area (Å²) in [7, 11) is 3.25. The number of nitro groups is 1. The van der Waals surface area contributed by atoms with Gasteiger partial charge in [-0.15, -0.1) is 0 Å². The number of carbonyl (C=O) groups is 1. The molecule has 9 heteroatoms. The van der Waals surface area contributed by atoms with Gasteiger partial charge in [-0.1, -0.05) is 18.2 Å². The number of rotatable bonds is 8. The van der Waals surface area contributed by atoms with Crippen LogP contribution < -0.4 is 10.1 Å². The number of nitro benzene ring substituents is 1. The van der Waals surface area contributed by atoms with Crippen molar-refractivity contribution in [1.29, 1.82) is 0 Å². The van der Waals surface area contributed by atoms with Gasteiger partial charge in [-0.2, -0.15) is 5.10 Å². The Balaban J connectivity index is 1.69. The summed E-state index contributed by atoms with van der Waals surface area (Å²) in [6, 6.07) is 14.2. The third-order valence-corrected chi connectivity index (χ3v) is 4.96. The van der Waals surface area contributed by atoms with E-state index in [-0.39, 0.29) is 23.8 Å². The highest BCUT2D eigenvalue weighted by atomic mass is 16.6. The van der Waals surface area contributed by atoms with Gasteiger partial charge in [0.05, 0.1) is 36.0 Å². The maximum absolute atomic E-state index is 12.5. The smallest absolute Gasteiger partial charge is 0.296 e. The number of amides is 1. The molecule has 0 unspecified atom stereocenters. The van der Waals surface area contributed by atoms with Gasteiger partial charge in [0.15, 0.2) is 0 Å². The molecule has 0 atom stereocenters. The van der Waals surface area contributed by atoms with Gasteiger partial charge in [0.25, 0.3) is 5.69 Å². The number of benzene rings is 2. The summed E-state index contributed by atoms with van der Waals surface area (Å²) in [5.74, 6) is 0.00437. The Morgan fingerprint density at radius 3 is 2.58 bits per heavy atom. The summed E-state index contributed by atoms with van der Waals surface area (Å²) in [5, 5.41) is 18.6. The third-order valence-electron chi connectivity index (χ3n) is 4.96. The Kier molecular flexibility index (Phi) is 6.66. The van der Waals surface area contributed by atoms with Gasteiger partial charge in [0.2, 0.25) is 5.91 Å². The molecule has 0 bridgehead atoms. The van der Waals surface area contributed by atoms with Crippen LogP contribution in [0.1, 0.15) is 17.0 Å². The number of nitrogens with zero attached hydrogens (tertiary/aromatic N) is 4. The van der Waals surface area contributed by atoms with Gasteiger partial charge in [0, 0.05) is 17.8 Å². The SMILES string of the molecule is COc1ccc(NC(=O)CN(C)Cc2c(C)nn(-c3ccccc3)c2C)c([N+](=O)[O-])c1. The first kappa shape index (κ1) is 22.0. The molecule has 0 spiro atoms. The van der Waals surface area contributed by atoms with E-state index in [0.717, 1.165) is 22.6 Å². The molecule has 31 heavy (non-hydrogen) atoms. The summed E-state index contributed by atoms with van der Waals surface area (Å²) in [6.45, 7) is 4.52. The van der Waals surface area contributed by atoms with Crippen LogP contribution in [0.2, 0.25) is 0 Å². The van der Waals surface area contributed by atoms with Crippen LogP contribution in [-0.4, -0.2) is 46.2 Å². The predicted octanol–water partition coefficient (Wildman–Crippen LogP) is 3.48. The fourth-order valence-electron chi connectivity index (χ4n) is 3.38. The van der Waals surface area contributed by atoms with Crippen molar-refractivity contribution in [2.45, 2.75) is 20.4 Å². The molecule has 3 rings (SSSR count). The monoisotopic (exact) mass is 423 g/mol. The first-order valence-corrected chi connectivity index (χ1v) is 9.71. The summed E-state index contributed by atoms with van der Waals surface area (Å²) < 4.78 is 6.91. The highest BCUT2D eigenvalue weighted by Gasteiger charge is 2.19. The number of methoxy groups -OCH3 is 1. The van der Waals surface area contributed by atoms with Crippen LogP contribution >= 0.6 is 0 Å². The molecule has 1 N–H and O–H groups in total. The Bertz CT molecular complexity index is 1090.